The largest absolute Gasteiger partial charge is 0.362 e. The van der Waals surface area contributed by atoms with Crippen LogP contribution in [0.3, 0.4) is 0 Å². The monoisotopic (exact) mass is 115 g/mol. The fraction of sp³-hybridized carbons (Fsp3) is 0.833. The SMILES string of the molecule is CC(C)(C)O[C]CN. The van der Waals surface area contributed by atoms with Crippen LogP contribution in [-0.2, 0) is 4.74 Å². The van der Waals surface area contributed by atoms with E-state index in [4.69, 9.17) is 10.5 Å². The predicted molar refractivity (Wildman–Crippen MR) is 33.1 cm³/mol. The van der Waals surface area contributed by atoms with E-state index < -0.39 is 0 Å². The molecular weight excluding hydrogens is 102 g/mol. The lowest BCUT2D eigenvalue weighted by molar-refractivity contribution is 0.0433. The number of hydrogen-bond acceptors (Lipinski definition) is 2. The third-order valence-electron chi connectivity index (χ3n) is 0.462. The van der Waals surface area contributed by atoms with E-state index in [2.05, 4.69) is 6.61 Å². The second kappa shape index (κ2) is 3.05. The third-order valence-corrected chi connectivity index (χ3v) is 0.462. The van der Waals surface area contributed by atoms with Gasteiger partial charge in [-0.2, -0.15) is 0 Å². The van der Waals surface area contributed by atoms with Gasteiger partial charge in [-0.1, -0.05) is 0 Å². The first-order valence-corrected chi connectivity index (χ1v) is 2.67. The van der Waals surface area contributed by atoms with Gasteiger partial charge in [-0.25, -0.2) is 0 Å². The van der Waals surface area contributed by atoms with E-state index in [0.29, 0.717) is 6.54 Å². The molecule has 0 unspecified atom stereocenters. The van der Waals surface area contributed by atoms with Crippen molar-refractivity contribution in [3.05, 3.63) is 6.61 Å². The molecule has 2 N–H and O–H groups in total. The molecule has 0 rings (SSSR count). The minimum atomic E-state index is -0.140. The summed E-state index contributed by atoms with van der Waals surface area (Å²) in [5, 5.41) is 0. The molecule has 48 valence electrons. The van der Waals surface area contributed by atoms with E-state index in [1.165, 1.54) is 0 Å². The molecule has 0 saturated carbocycles. The summed E-state index contributed by atoms with van der Waals surface area (Å²) in [6.45, 7) is 8.79. The van der Waals surface area contributed by atoms with E-state index in [-0.39, 0.29) is 5.60 Å². The Labute approximate surface area is 51.0 Å². The molecule has 2 heteroatoms. The van der Waals surface area contributed by atoms with Gasteiger partial charge >= 0.3 is 0 Å². The van der Waals surface area contributed by atoms with Crippen LogP contribution in [0.15, 0.2) is 0 Å². The minimum Gasteiger partial charge on any atom is -0.362 e. The average Bonchev–Trinajstić information content (AvgIpc) is 1.59. The van der Waals surface area contributed by atoms with Crippen LogP contribution < -0.4 is 5.73 Å². The Morgan fingerprint density at radius 2 is 2.00 bits per heavy atom. The van der Waals surface area contributed by atoms with Gasteiger partial charge in [0.25, 0.3) is 0 Å². The lowest BCUT2D eigenvalue weighted by atomic mass is 10.2. The summed E-state index contributed by atoms with van der Waals surface area (Å²) in [7, 11) is 0. The van der Waals surface area contributed by atoms with E-state index >= 15 is 0 Å². The molecule has 0 aromatic carbocycles. The molecule has 0 aliphatic rings. The Bertz CT molecular complexity index is 56.0. The van der Waals surface area contributed by atoms with Gasteiger partial charge in [0.05, 0.1) is 5.60 Å². The van der Waals surface area contributed by atoms with Crippen LogP contribution in [0.1, 0.15) is 20.8 Å². The van der Waals surface area contributed by atoms with Crippen molar-refractivity contribution in [1.29, 1.82) is 0 Å². The highest BCUT2D eigenvalue weighted by Gasteiger charge is 2.08. The Morgan fingerprint density at radius 1 is 1.50 bits per heavy atom. The molecule has 8 heavy (non-hydrogen) atoms. The molecule has 0 amide bonds. The van der Waals surface area contributed by atoms with Crippen LogP contribution in [0.5, 0.6) is 0 Å². The van der Waals surface area contributed by atoms with Crippen molar-refractivity contribution in [3.8, 4) is 0 Å². The molecule has 0 aliphatic carbocycles. The summed E-state index contributed by atoms with van der Waals surface area (Å²) >= 11 is 0. The first-order valence-electron chi connectivity index (χ1n) is 2.67. The number of rotatable bonds is 2. The Kier molecular flexibility index (Phi) is 3.02. The molecule has 0 atom stereocenters. The van der Waals surface area contributed by atoms with Gasteiger partial charge in [0.2, 0.25) is 0 Å². The van der Waals surface area contributed by atoms with E-state index in [0.717, 1.165) is 0 Å². The Balaban J connectivity index is 3.11. The second-order valence-electron chi connectivity index (χ2n) is 2.56. The van der Waals surface area contributed by atoms with Crippen molar-refractivity contribution in [2.24, 2.45) is 5.73 Å². The van der Waals surface area contributed by atoms with Crippen LogP contribution in [0.25, 0.3) is 0 Å². The van der Waals surface area contributed by atoms with Gasteiger partial charge in [0, 0.05) is 6.54 Å². The maximum absolute atomic E-state index is 5.10. The third kappa shape index (κ3) is 5.92. The summed E-state index contributed by atoms with van der Waals surface area (Å²) in [6.07, 6.45) is 0. The molecule has 0 saturated heterocycles. The van der Waals surface area contributed by atoms with Crippen LogP contribution in [0.4, 0.5) is 0 Å². The molecule has 2 nitrogen and oxygen atoms in total. The molecule has 2 radical (unpaired) electrons. The highest BCUT2D eigenvalue weighted by Crippen LogP contribution is 2.06. The molecular formula is C6H13NO. The fourth-order valence-electron chi connectivity index (χ4n) is 0.258. The molecule has 0 heterocycles. The van der Waals surface area contributed by atoms with E-state index in [1.54, 1.807) is 0 Å². The topological polar surface area (TPSA) is 35.2 Å². The van der Waals surface area contributed by atoms with Crippen LogP contribution >= 0.6 is 0 Å². The van der Waals surface area contributed by atoms with Gasteiger partial charge in [0.15, 0.2) is 0 Å². The van der Waals surface area contributed by atoms with Crippen molar-refractivity contribution in [2.45, 2.75) is 26.4 Å². The van der Waals surface area contributed by atoms with Crippen LogP contribution in [0.2, 0.25) is 0 Å². The predicted octanol–water partition coefficient (Wildman–Crippen LogP) is 0.799. The molecule has 0 spiro atoms. The standard InChI is InChI=1S/C6H13NO/c1-6(2,3)8-5-4-7/h4,7H2,1-3H3. The zero-order chi connectivity index (χ0) is 6.62. The first-order chi connectivity index (χ1) is 3.56. The van der Waals surface area contributed by atoms with Crippen molar-refractivity contribution >= 4 is 0 Å². The summed E-state index contributed by atoms with van der Waals surface area (Å²) in [6, 6.07) is 0. The van der Waals surface area contributed by atoms with Crippen molar-refractivity contribution in [2.75, 3.05) is 6.54 Å². The summed E-state index contributed by atoms with van der Waals surface area (Å²) < 4.78 is 5.00. The Morgan fingerprint density at radius 3 is 2.12 bits per heavy atom. The lowest BCUT2D eigenvalue weighted by Gasteiger charge is -2.17. The van der Waals surface area contributed by atoms with Gasteiger partial charge in [-0.15, -0.1) is 0 Å². The number of hydrogen-bond donors (Lipinski definition) is 1. The van der Waals surface area contributed by atoms with Crippen LogP contribution in [-0.4, -0.2) is 12.1 Å². The zero-order valence-corrected chi connectivity index (χ0v) is 5.69. The zero-order valence-electron chi connectivity index (χ0n) is 5.69. The van der Waals surface area contributed by atoms with Crippen molar-refractivity contribution in [1.82, 2.24) is 0 Å². The summed E-state index contributed by atoms with van der Waals surface area (Å²) in [5.41, 5.74) is 4.96. The summed E-state index contributed by atoms with van der Waals surface area (Å²) in [4.78, 5) is 0. The molecule has 0 aliphatic heterocycles. The summed E-state index contributed by atoms with van der Waals surface area (Å²) in [5.74, 6) is 0. The average molecular weight is 115 g/mol. The normalized spacial score (nSPS) is 12.0. The van der Waals surface area contributed by atoms with Gasteiger partial charge in [-0.3, -0.25) is 0 Å². The van der Waals surface area contributed by atoms with E-state index in [9.17, 15) is 0 Å². The maximum atomic E-state index is 5.10. The number of ether oxygens (including phenoxy) is 1. The first kappa shape index (κ1) is 7.92. The van der Waals surface area contributed by atoms with Crippen molar-refractivity contribution < 1.29 is 4.74 Å². The van der Waals surface area contributed by atoms with E-state index in [1.807, 2.05) is 20.8 Å². The van der Waals surface area contributed by atoms with Gasteiger partial charge < -0.3 is 10.5 Å². The minimum absolute atomic E-state index is 0.140. The Hall–Kier alpha value is -0.0800. The van der Waals surface area contributed by atoms with Crippen LogP contribution in [0, 0.1) is 6.61 Å². The van der Waals surface area contributed by atoms with Gasteiger partial charge in [-0.05, 0) is 20.8 Å². The molecule has 0 aromatic heterocycles. The highest BCUT2D eigenvalue weighted by atomic mass is 16.5. The van der Waals surface area contributed by atoms with Crippen molar-refractivity contribution in [3.63, 3.8) is 0 Å². The molecule has 0 bridgehead atoms. The molecule has 0 aromatic rings. The smallest absolute Gasteiger partial charge is 0.147 e. The molecule has 0 fully saturated rings. The highest BCUT2D eigenvalue weighted by molar-refractivity contribution is 4.63. The fourth-order valence-corrected chi connectivity index (χ4v) is 0.258. The second-order valence-corrected chi connectivity index (χ2v) is 2.56. The quantitative estimate of drug-likeness (QED) is 0.577. The van der Waals surface area contributed by atoms with Gasteiger partial charge in [0.1, 0.15) is 6.61 Å². The lowest BCUT2D eigenvalue weighted by Crippen LogP contribution is -2.19. The maximum Gasteiger partial charge on any atom is 0.147 e. The number of nitrogens with two attached hydrogens (primary N) is 1.